The highest BCUT2D eigenvalue weighted by molar-refractivity contribution is 5.17. The Balaban J connectivity index is 1.78. The second-order valence-corrected chi connectivity index (χ2v) is 5.38. The molecule has 3 unspecified atom stereocenters. The maximum Gasteiger partial charge on any atom is 0.117 e. The first kappa shape index (κ1) is 12.6. The van der Waals surface area contributed by atoms with Crippen LogP contribution in [0.25, 0.3) is 0 Å². The van der Waals surface area contributed by atoms with Gasteiger partial charge >= 0.3 is 0 Å². The predicted molar refractivity (Wildman–Crippen MR) is 64.6 cm³/mol. The van der Waals surface area contributed by atoms with Crippen LogP contribution in [0.2, 0.25) is 0 Å². The molecule has 3 atom stereocenters. The summed E-state index contributed by atoms with van der Waals surface area (Å²) in [7, 11) is 0. The summed E-state index contributed by atoms with van der Waals surface area (Å²) >= 11 is 0. The summed E-state index contributed by atoms with van der Waals surface area (Å²) in [6, 6.07) is 4.01. The van der Waals surface area contributed by atoms with Crippen molar-refractivity contribution in [2.45, 2.75) is 38.3 Å². The summed E-state index contributed by atoms with van der Waals surface area (Å²) in [5.41, 5.74) is -1.07. The third-order valence-electron chi connectivity index (χ3n) is 3.30. The minimum absolute atomic E-state index is 0.247. The molecule has 0 radical (unpaired) electrons. The Morgan fingerprint density at radius 2 is 2.24 bits per heavy atom. The van der Waals surface area contributed by atoms with E-state index in [-0.39, 0.29) is 6.61 Å². The smallest absolute Gasteiger partial charge is 0.117 e. The number of furan rings is 1. The molecule has 4 nitrogen and oxygen atoms in total. The monoisotopic (exact) mass is 239 g/mol. The van der Waals surface area contributed by atoms with Crippen LogP contribution in [0.15, 0.2) is 16.5 Å². The molecule has 0 spiro atoms. The number of nitrogens with one attached hydrogen (secondary N) is 1. The van der Waals surface area contributed by atoms with Crippen molar-refractivity contribution in [1.82, 2.24) is 5.32 Å². The van der Waals surface area contributed by atoms with E-state index in [1.807, 2.05) is 12.1 Å². The molecular weight excluding hydrogens is 218 g/mol. The van der Waals surface area contributed by atoms with Crippen molar-refractivity contribution in [2.24, 2.45) is 5.92 Å². The van der Waals surface area contributed by atoms with Crippen LogP contribution in [-0.4, -0.2) is 29.0 Å². The summed E-state index contributed by atoms with van der Waals surface area (Å²) in [4.78, 5) is 0. The molecule has 0 aliphatic heterocycles. The number of hydrogen-bond donors (Lipinski definition) is 3. The first-order valence-corrected chi connectivity index (χ1v) is 6.14. The average molecular weight is 239 g/mol. The minimum Gasteiger partial charge on any atom is -0.464 e. The molecule has 0 saturated heterocycles. The number of rotatable bonds is 6. The average Bonchev–Trinajstić information content (AvgIpc) is 2.83. The molecule has 17 heavy (non-hydrogen) atoms. The topological polar surface area (TPSA) is 65.6 Å². The molecule has 0 aromatic carbocycles. The maximum absolute atomic E-state index is 9.60. The van der Waals surface area contributed by atoms with Gasteiger partial charge < -0.3 is 19.9 Å². The van der Waals surface area contributed by atoms with Gasteiger partial charge in [-0.15, -0.1) is 0 Å². The van der Waals surface area contributed by atoms with Crippen molar-refractivity contribution in [3.05, 3.63) is 23.7 Å². The van der Waals surface area contributed by atoms with Gasteiger partial charge in [-0.05, 0) is 31.4 Å². The van der Waals surface area contributed by atoms with Crippen LogP contribution in [0.4, 0.5) is 0 Å². The molecular formula is C13H21NO3. The maximum atomic E-state index is 9.60. The summed E-state index contributed by atoms with van der Waals surface area (Å²) < 4.78 is 5.72. The molecule has 1 aromatic heterocycles. The zero-order valence-corrected chi connectivity index (χ0v) is 10.4. The standard InChI is InChI=1S/C13H21NO3/c1-9-5-11(9)12-4-3-10(17-12)6-14-7-13(2,16)8-15/h3-4,9,11,14-16H,5-8H2,1-2H3. The van der Waals surface area contributed by atoms with E-state index in [1.165, 1.54) is 6.42 Å². The molecule has 96 valence electrons. The molecule has 1 saturated carbocycles. The summed E-state index contributed by atoms with van der Waals surface area (Å²) in [5.74, 6) is 3.30. The molecule has 0 bridgehead atoms. The van der Waals surface area contributed by atoms with E-state index >= 15 is 0 Å². The van der Waals surface area contributed by atoms with Gasteiger partial charge in [0.2, 0.25) is 0 Å². The van der Waals surface area contributed by atoms with Gasteiger partial charge in [0.05, 0.1) is 18.8 Å². The molecule has 1 aliphatic rings. The number of aliphatic hydroxyl groups is 2. The van der Waals surface area contributed by atoms with Gasteiger partial charge in [0.1, 0.15) is 11.5 Å². The van der Waals surface area contributed by atoms with E-state index in [9.17, 15) is 5.11 Å². The van der Waals surface area contributed by atoms with Crippen molar-refractivity contribution >= 4 is 0 Å². The molecule has 0 amide bonds. The SMILES string of the molecule is CC1CC1c1ccc(CNCC(C)(O)CO)o1. The van der Waals surface area contributed by atoms with Crippen molar-refractivity contribution in [1.29, 1.82) is 0 Å². The van der Waals surface area contributed by atoms with Gasteiger partial charge in [-0.2, -0.15) is 0 Å². The van der Waals surface area contributed by atoms with E-state index < -0.39 is 5.60 Å². The highest BCUT2D eigenvalue weighted by atomic mass is 16.3. The molecule has 1 heterocycles. The summed E-state index contributed by atoms with van der Waals surface area (Å²) in [6.07, 6.45) is 1.22. The van der Waals surface area contributed by atoms with Gasteiger partial charge in [0, 0.05) is 12.5 Å². The Morgan fingerprint density at radius 1 is 1.53 bits per heavy atom. The van der Waals surface area contributed by atoms with Crippen LogP contribution in [-0.2, 0) is 6.54 Å². The quantitative estimate of drug-likeness (QED) is 0.698. The Hall–Kier alpha value is -0.840. The van der Waals surface area contributed by atoms with Crippen molar-refractivity contribution in [2.75, 3.05) is 13.2 Å². The third-order valence-corrected chi connectivity index (χ3v) is 3.30. The van der Waals surface area contributed by atoms with Gasteiger partial charge in [-0.25, -0.2) is 0 Å². The largest absolute Gasteiger partial charge is 0.464 e. The van der Waals surface area contributed by atoms with Crippen LogP contribution < -0.4 is 5.32 Å². The lowest BCUT2D eigenvalue weighted by molar-refractivity contribution is 0.00226. The minimum atomic E-state index is -1.07. The third kappa shape index (κ3) is 3.31. The van der Waals surface area contributed by atoms with Crippen LogP contribution in [0.5, 0.6) is 0 Å². The van der Waals surface area contributed by atoms with E-state index in [0.717, 1.165) is 17.4 Å². The molecule has 1 aliphatic carbocycles. The van der Waals surface area contributed by atoms with Crippen molar-refractivity contribution in [3.8, 4) is 0 Å². The molecule has 2 rings (SSSR count). The molecule has 3 N–H and O–H groups in total. The second kappa shape index (κ2) is 4.80. The summed E-state index contributed by atoms with van der Waals surface area (Å²) in [6.45, 7) is 4.50. The number of hydrogen-bond acceptors (Lipinski definition) is 4. The first-order chi connectivity index (χ1) is 8.02. The van der Waals surface area contributed by atoms with E-state index in [1.54, 1.807) is 6.92 Å². The van der Waals surface area contributed by atoms with Gasteiger partial charge in [0.25, 0.3) is 0 Å². The Bertz CT molecular complexity index is 372. The van der Waals surface area contributed by atoms with E-state index in [4.69, 9.17) is 9.52 Å². The summed E-state index contributed by atoms with van der Waals surface area (Å²) in [5, 5.41) is 21.6. The normalized spacial score (nSPS) is 26.8. The van der Waals surface area contributed by atoms with Gasteiger partial charge in [0.15, 0.2) is 0 Å². The second-order valence-electron chi connectivity index (χ2n) is 5.38. The zero-order chi connectivity index (χ0) is 12.5. The van der Waals surface area contributed by atoms with E-state index in [2.05, 4.69) is 12.2 Å². The van der Waals surface area contributed by atoms with Gasteiger partial charge in [-0.3, -0.25) is 0 Å². The van der Waals surface area contributed by atoms with Gasteiger partial charge in [-0.1, -0.05) is 6.92 Å². The fourth-order valence-electron chi connectivity index (χ4n) is 1.92. The van der Waals surface area contributed by atoms with Crippen molar-refractivity contribution < 1.29 is 14.6 Å². The van der Waals surface area contributed by atoms with Crippen LogP contribution in [0.1, 0.15) is 37.7 Å². The first-order valence-electron chi connectivity index (χ1n) is 6.14. The Kier molecular flexibility index (Phi) is 3.56. The molecule has 1 fully saturated rings. The van der Waals surface area contributed by atoms with Crippen LogP contribution in [0.3, 0.4) is 0 Å². The molecule has 4 heteroatoms. The highest BCUT2D eigenvalue weighted by Crippen LogP contribution is 2.47. The molecule has 1 aromatic rings. The zero-order valence-electron chi connectivity index (χ0n) is 10.4. The van der Waals surface area contributed by atoms with Crippen LogP contribution in [0, 0.1) is 5.92 Å². The van der Waals surface area contributed by atoms with Crippen LogP contribution >= 0.6 is 0 Å². The van der Waals surface area contributed by atoms with E-state index in [0.29, 0.717) is 19.0 Å². The van der Waals surface area contributed by atoms with Crippen molar-refractivity contribution in [3.63, 3.8) is 0 Å². The fraction of sp³-hybridized carbons (Fsp3) is 0.692. The number of aliphatic hydroxyl groups excluding tert-OH is 1. The fourth-order valence-corrected chi connectivity index (χ4v) is 1.92. The lowest BCUT2D eigenvalue weighted by atomic mass is 10.1. The lowest BCUT2D eigenvalue weighted by Crippen LogP contribution is -2.40. The predicted octanol–water partition coefficient (Wildman–Crippen LogP) is 1.24. The Morgan fingerprint density at radius 3 is 2.82 bits per heavy atom. The highest BCUT2D eigenvalue weighted by Gasteiger charge is 2.36. The lowest BCUT2D eigenvalue weighted by Gasteiger charge is -2.20. The Labute approximate surface area is 102 Å².